The summed E-state index contributed by atoms with van der Waals surface area (Å²) in [4.78, 5) is 0. The van der Waals surface area contributed by atoms with Gasteiger partial charge in [0.05, 0.1) is 0 Å². The molecule has 0 spiro atoms. The third-order valence-electron chi connectivity index (χ3n) is 4.02. The molecule has 0 heterocycles. The highest BCUT2D eigenvalue weighted by molar-refractivity contribution is 6.30. The van der Waals surface area contributed by atoms with Crippen molar-refractivity contribution in [3.05, 3.63) is 70.7 Å². The van der Waals surface area contributed by atoms with Crippen molar-refractivity contribution in [1.29, 1.82) is 0 Å². The van der Waals surface area contributed by atoms with Gasteiger partial charge in [0.25, 0.3) is 0 Å². The Labute approximate surface area is 119 Å². The first kappa shape index (κ1) is 12.7. The number of nitrogens with one attached hydrogen (secondary N) is 1. The molecule has 1 fully saturated rings. The fourth-order valence-corrected chi connectivity index (χ4v) is 2.93. The summed E-state index contributed by atoms with van der Waals surface area (Å²) in [5.41, 5.74) is 2.74. The van der Waals surface area contributed by atoms with E-state index in [1.165, 1.54) is 11.1 Å². The molecule has 2 heteroatoms. The van der Waals surface area contributed by atoms with Crippen molar-refractivity contribution in [2.45, 2.75) is 25.4 Å². The first-order chi connectivity index (χ1) is 9.25. The minimum absolute atomic E-state index is 0.595. The monoisotopic (exact) mass is 271 g/mol. The number of benzene rings is 2. The van der Waals surface area contributed by atoms with Gasteiger partial charge in [0.15, 0.2) is 0 Å². The molecule has 0 unspecified atom stereocenters. The SMILES string of the molecule is C[C@@H]1[C@H](NCc2ccc(Cl)cc2)[C@H]1c1ccccc1. The fraction of sp³-hybridized carbons (Fsp3) is 0.294. The second-order valence-corrected chi connectivity index (χ2v) is 5.77. The van der Waals surface area contributed by atoms with Gasteiger partial charge in [0.2, 0.25) is 0 Å². The van der Waals surface area contributed by atoms with E-state index in [4.69, 9.17) is 11.6 Å². The number of hydrogen-bond acceptors (Lipinski definition) is 1. The largest absolute Gasteiger partial charge is 0.309 e. The molecule has 1 saturated carbocycles. The van der Waals surface area contributed by atoms with Crippen molar-refractivity contribution in [3.63, 3.8) is 0 Å². The lowest BCUT2D eigenvalue weighted by atomic mass is 10.1. The van der Waals surface area contributed by atoms with Gasteiger partial charge in [-0.2, -0.15) is 0 Å². The molecule has 3 rings (SSSR count). The van der Waals surface area contributed by atoms with E-state index < -0.39 is 0 Å². The normalized spacial score (nSPS) is 25.3. The van der Waals surface area contributed by atoms with E-state index in [1.807, 2.05) is 12.1 Å². The third kappa shape index (κ3) is 2.83. The van der Waals surface area contributed by atoms with E-state index in [2.05, 4.69) is 54.7 Å². The third-order valence-corrected chi connectivity index (χ3v) is 4.27. The Bertz CT molecular complexity index is 535. The standard InChI is InChI=1S/C17H18ClN/c1-12-16(14-5-3-2-4-6-14)17(12)19-11-13-7-9-15(18)10-8-13/h2-10,12,16-17,19H,11H2,1H3/t12-,16+,17-/m0/s1. The van der Waals surface area contributed by atoms with Crippen LogP contribution >= 0.6 is 11.6 Å². The molecule has 0 saturated heterocycles. The molecule has 2 aromatic carbocycles. The average molecular weight is 272 g/mol. The van der Waals surface area contributed by atoms with Crippen LogP contribution in [0.5, 0.6) is 0 Å². The lowest BCUT2D eigenvalue weighted by molar-refractivity contribution is 0.648. The Morgan fingerprint density at radius 2 is 1.68 bits per heavy atom. The van der Waals surface area contributed by atoms with Gasteiger partial charge in [-0.05, 0) is 29.2 Å². The Morgan fingerprint density at radius 1 is 1.00 bits per heavy atom. The van der Waals surface area contributed by atoms with Crippen molar-refractivity contribution in [3.8, 4) is 0 Å². The van der Waals surface area contributed by atoms with E-state index in [1.54, 1.807) is 0 Å². The van der Waals surface area contributed by atoms with Crippen LogP contribution < -0.4 is 5.32 Å². The minimum atomic E-state index is 0.595. The number of hydrogen-bond donors (Lipinski definition) is 1. The van der Waals surface area contributed by atoms with Crippen LogP contribution in [0.2, 0.25) is 5.02 Å². The maximum absolute atomic E-state index is 5.89. The summed E-state index contributed by atoms with van der Waals surface area (Å²) in [5, 5.41) is 4.44. The van der Waals surface area contributed by atoms with Gasteiger partial charge in [-0.1, -0.05) is 61.0 Å². The zero-order valence-electron chi connectivity index (χ0n) is 11.0. The molecular weight excluding hydrogens is 254 g/mol. The zero-order chi connectivity index (χ0) is 13.2. The molecule has 3 atom stereocenters. The van der Waals surface area contributed by atoms with Crippen molar-refractivity contribution in [2.75, 3.05) is 0 Å². The van der Waals surface area contributed by atoms with E-state index >= 15 is 0 Å². The first-order valence-corrected chi connectivity index (χ1v) is 7.16. The lowest BCUT2D eigenvalue weighted by Crippen LogP contribution is -2.18. The zero-order valence-corrected chi connectivity index (χ0v) is 11.8. The summed E-state index contributed by atoms with van der Waals surface area (Å²) in [6.45, 7) is 3.23. The predicted molar refractivity (Wildman–Crippen MR) is 80.4 cm³/mol. The Morgan fingerprint density at radius 3 is 2.37 bits per heavy atom. The molecule has 0 aliphatic heterocycles. The van der Waals surface area contributed by atoms with Gasteiger partial charge >= 0.3 is 0 Å². The topological polar surface area (TPSA) is 12.0 Å². The van der Waals surface area contributed by atoms with Crippen molar-refractivity contribution < 1.29 is 0 Å². The van der Waals surface area contributed by atoms with E-state index in [0.29, 0.717) is 12.0 Å². The summed E-state index contributed by atoms with van der Waals surface area (Å²) >= 11 is 5.89. The van der Waals surface area contributed by atoms with Crippen LogP contribution in [0.1, 0.15) is 24.0 Å². The molecule has 19 heavy (non-hydrogen) atoms. The molecule has 1 aliphatic rings. The Hall–Kier alpha value is -1.31. The van der Waals surface area contributed by atoms with Crippen LogP contribution in [-0.4, -0.2) is 6.04 Å². The summed E-state index contributed by atoms with van der Waals surface area (Å²) in [7, 11) is 0. The highest BCUT2D eigenvalue weighted by Gasteiger charge is 2.46. The van der Waals surface area contributed by atoms with Gasteiger partial charge in [-0.25, -0.2) is 0 Å². The summed E-state index contributed by atoms with van der Waals surface area (Å²) in [6, 6.07) is 19.4. The van der Waals surface area contributed by atoms with Crippen LogP contribution in [0, 0.1) is 5.92 Å². The number of rotatable bonds is 4. The molecule has 0 aromatic heterocycles. The van der Waals surface area contributed by atoms with Crippen LogP contribution in [0.4, 0.5) is 0 Å². The maximum Gasteiger partial charge on any atom is 0.0406 e. The van der Waals surface area contributed by atoms with Gasteiger partial charge in [0, 0.05) is 23.5 Å². The Balaban J connectivity index is 1.59. The second kappa shape index (κ2) is 5.36. The molecule has 98 valence electrons. The highest BCUT2D eigenvalue weighted by atomic mass is 35.5. The molecule has 0 bridgehead atoms. The van der Waals surface area contributed by atoms with E-state index in [0.717, 1.165) is 17.5 Å². The molecule has 1 N–H and O–H groups in total. The van der Waals surface area contributed by atoms with Crippen LogP contribution in [0.15, 0.2) is 54.6 Å². The molecule has 0 radical (unpaired) electrons. The first-order valence-electron chi connectivity index (χ1n) is 6.78. The van der Waals surface area contributed by atoms with Gasteiger partial charge in [-0.3, -0.25) is 0 Å². The van der Waals surface area contributed by atoms with E-state index in [9.17, 15) is 0 Å². The van der Waals surface area contributed by atoms with E-state index in [-0.39, 0.29) is 0 Å². The molecule has 0 amide bonds. The lowest BCUT2D eigenvalue weighted by Gasteiger charge is -2.05. The van der Waals surface area contributed by atoms with Crippen LogP contribution in [0.3, 0.4) is 0 Å². The molecule has 1 aliphatic carbocycles. The molecular formula is C17H18ClN. The predicted octanol–water partition coefficient (Wildman–Crippen LogP) is 4.23. The van der Waals surface area contributed by atoms with Crippen molar-refractivity contribution in [2.24, 2.45) is 5.92 Å². The van der Waals surface area contributed by atoms with Gasteiger partial charge in [-0.15, -0.1) is 0 Å². The summed E-state index contributed by atoms with van der Waals surface area (Å²) in [5.74, 6) is 1.38. The van der Waals surface area contributed by atoms with Crippen LogP contribution in [0.25, 0.3) is 0 Å². The fourth-order valence-electron chi connectivity index (χ4n) is 2.80. The van der Waals surface area contributed by atoms with Crippen molar-refractivity contribution >= 4 is 11.6 Å². The highest BCUT2D eigenvalue weighted by Crippen LogP contribution is 2.47. The molecule has 1 nitrogen and oxygen atoms in total. The maximum atomic E-state index is 5.89. The second-order valence-electron chi connectivity index (χ2n) is 5.33. The van der Waals surface area contributed by atoms with Gasteiger partial charge < -0.3 is 5.32 Å². The van der Waals surface area contributed by atoms with Crippen molar-refractivity contribution in [1.82, 2.24) is 5.32 Å². The minimum Gasteiger partial charge on any atom is -0.309 e. The average Bonchev–Trinajstić information content (AvgIpc) is 3.09. The Kier molecular flexibility index (Phi) is 3.58. The smallest absolute Gasteiger partial charge is 0.0406 e. The summed E-state index contributed by atoms with van der Waals surface area (Å²) in [6.07, 6.45) is 0. The summed E-state index contributed by atoms with van der Waals surface area (Å²) < 4.78 is 0. The quantitative estimate of drug-likeness (QED) is 0.877. The number of halogens is 1. The van der Waals surface area contributed by atoms with Gasteiger partial charge in [0.1, 0.15) is 0 Å². The van der Waals surface area contributed by atoms with Crippen LogP contribution in [-0.2, 0) is 6.54 Å². The molecule has 2 aromatic rings.